The van der Waals surface area contributed by atoms with Gasteiger partial charge < -0.3 is 24.5 Å². The Labute approximate surface area is 150 Å². The molecular formula is C18H23N3O5. The van der Waals surface area contributed by atoms with Crippen molar-refractivity contribution in [2.75, 3.05) is 13.1 Å². The van der Waals surface area contributed by atoms with E-state index in [9.17, 15) is 14.7 Å². The molecule has 26 heavy (non-hydrogen) atoms. The topological polar surface area (TPSA) is 105 Å². The van der Waals surface area contributed by atoms with Gasteiger partial charge >= 0.3 is 6.09 Å². The number of benzene rings is 1. The molecule has 0 bridgehead atoms. The Morgan fingerprint density at radius 2 is 2.00 bits per heavy atom. The summed E-state index contributed by atoms with van der Waals surface area (Å²) < 4.78 is 11.2. The van der Waals surface area contributed by atoms with Gasteiger partial charge in [-0.2, -0.15) is 0 Å². The number of piperidine rings is 1. The highest BCUT2D eigenvalue weighted by atomic mass is 16.6. The number of phenolic OH excluding ortho intramolecular Hbond substituents is 1. The molecule has 140 valence electrons. The summed E-state index contributed by atoms with van der Waals surface area (Å²) in [5.41, 5.74) is -0.416. The number of rotatable bonds is 2. The molecular weight excluding hydrogens is 338 g/mol. The van der Waals surface area contributed by atoms with Gasteiger partial charge in [0.15, 0.2) is 11.5 Å². The Hall–Kier alpha value is -2.77. The number of fused-ring (bicyclic) bond motifs is 1. The van der Waals surface area contributed by atoms with E-state index < -0.39 is 5.60 Å². The first-order chi connectivity index (χ1) is 12.2. The number of hydrogen-bond donors (Lipinski definition) is 2. The van der Waals surface area contributed by atoms with E-state index in [-0.39, 0.29) is 29.3 Å². The summed E-state index contributed by atoms with van der Waals surface area (Å²) in [6, 6.07) is 2.91. The second kappa shape index (κ2) is 6.86. The summed E-state index contributed by atoms with van der Waals surface area (Å²) >= 11 is 0. The van der Waals surface area contributed by atoms with Gasteiger partial charge in [-0.3, -0.25) is 4.79 Å². The predicted molar refractivity (Wildman–Crippen MR) is 95.5 cm³/mol. The molecule has 1 fully saturated rings. The molecule has 0 atom stereocenters. The summed E-state index contributed by atoms with van der Waals surface area (Å²) in [6.45, 7) is 6.52. The van der Waals surface area contributed by atoms with E-state index in [1.54, 1.807) is 4.90 Å². The van der Waals surface area contributed by atoms with Gasteiger partial charge in [-0.1, -0.05) is 0 Å². The van der Waals surface area contributed by atoms with Gasteiger partial charge in [0.2, 0.25) is 0 Å². The number of likely N-dealkylation sites (tertiary alicyclic amines) is 1. The van der Waals surface area contributed by atoms with E-state index in [4.69, 9.17) is 9.47 Å². The highest BCUT2D eigenvalue weighted by Crippen LogP contribution is 2.31. The predicted octanol–water partition coefficient (Wildman–Crippen LogP) is 2.41. The highest BCUT2D eigenvalue weighted by Gasteiger charge is 2.28. The molecule has 8 heteroatoms. The lowest BCUT2D eigenvalue weighted by molar-refractivity contribution is 0.0124. The molecule has 0 saturated carbocycles. The molecule has 2 heterocycles. The second-order valence-corrected chi connectivity index (χ2v) is 7.35. The van der Waals surface area contributed by atoms with Gasteiger partial charge in [-0.05, 0) is 26.8 Å². The van der Waals surface area contributed by atoms with E-state index in [1.165, 1.54) is 18.5 Å². The third-order valence-electron chi connectivity index (χ3n) is 4.11. The zero-order valence-corrected chi connectivity index (χ0v) is 15.1. The van der Waals surface area contributed by atoms with Crippen LogP contribution in [0.25, 0.3) is 10.9 Å². The number of carbonyl (C=O) groups excluding carboxylic acids is 1. The number of hydrogen-bond acceptors (Lipinski definition) is 6. The van der Waals surface area contributed by atoms with Crippen LogP contribution in [0, 0.1) is 0 Å². The van der Waals surface area contributed by atoms with Crippen molar-refractivity contribution in [3.63, 3.8) is 0 Å². The van der Waals surface area contributed by atoms with Gasteiger partial charge in [-0.15, -0.1) is 0 Å². The first-order valence-corrected chi connectivity index (χ1v) is 8.58. The third kappa shape index (κ3) is 4.07. The summed E-state index contributed by atoms with van der Waals surface area (Å²) in [6.07, 6.45) is 2.02. The van der Waals surface area contributed by atoms with Crippen LogP contribution < -0.4 is 10.3 Å². The number of ether oxygens (including phenoxy) is 2. The van der Waals surface area contributed by atoms with Crippen LogP contribution in [-0.4, -0.2) is 50.9 Å². The molecule has 1 aromatic carbocycles. The zero-order chi connectivity index (χ0) is 18.9. The van der Waals surface area contributed by atoms with E-state index in [2.05, 4.69) is 9.97 Å². The van der Waals surface area contributed by atoms with Gasteiger partial charge in [0.25, 0.3) is 5.56 Å². The van der Waals surface area contributed by atoms with E-state index >= 15 is 0 Å². The van der Waals surface area contributed by atoms with Crippen molar-refractivity contribution < 1.29 is 19.4 Å². The van der Waals surface area contributed by atoms with Crippen LogP contribution in [0.4, 0.5) is 4.79 Å². The molecule has 2 N–H and O–H groups in total. The monoisotopic (exact) mass is 361 g/mol. The van der Waals surface area contributed by atoms with Gasteiger partial charge in [0.1, 0.15) is 11.7 Å². The molecule has 1 aliphatic heterocycles. The summed E-state index contributed by atoms with van der Waals surface area (Å²) in [5.74, 6) is 0.178. The number of aromatic hydroxyl groups is 1. The van der Waals surface area contributed by atoms with Crippen LogP contribution in [-0.2, 0) is 4.74 Å². The van der Waals surface area contributed by atoms with Gasteiger partial charge in [-0.25, -0.2) is 9.78 Å². The normalized spacial score (nSPS) is 15.9. The van der Waals surface area contributed by atoms with Crippen LogP contribution >= 0.6 is 0 Å². The maximum atomic E-state index is 12.1. The molecule has 0 unspecified atom stereocenters. The van der Waals surface area contributed by atoms with Crippen LogP contribution in [0.3, 0.4) is 0 Å². The molecule has 0 spiro atoms. The lowest BCUT2D eigenvalue weighted by Crippen LogP contribution is -2.44. The van der Waals surface area contributed by atoms with Crippen LogP contribution in [0.15, 0.2) is 23.3 Å². The molecule has 1 saturated heterocycles. The largest absolute Gasteiger partial charge is 0.504 e. The molecule has 1 amide bonds. The Morgan fingerprint density at radius 1 is 1.31 bits per heavy atom. The minimum Gasteiger partial charge on any atom is -0.504 e. The average molecular weight is 361 g/mol. The zero-order valence-electron chi connectivity index (χ0n) is 15.1. The molecule has 2 aromatic rings. The summed E-state index contributed by atoms with van der Waals surface area (Å²) in [7, 11) is 0. The number of carbonyl (C=O) groups is 1. The van der Waals surface area contributed by atoms with E-state index in [0.717, 1.165) is 0 Å². The SMILES string of the molecule is CC(C)(C)OC(=O)N1CCC(Oc2cc3c(=O)[nH]cnc3cc2O)CC1. The van der Waals surface area contributed by atoms with Gasteiger partial charge in [0.05, 0.1) is 17.2 Å². The molecule has 0 aliphatic carbocycles. The molecule has 0 radical (unpaired) electrons. The summed E-state index contributed by atoms with van der Waals surface area (Å²) in [5, 5.41) is 10.5. The van der Waals surface area contributed by atoms with E-state index in [0.29, 0.717) is 36.8 Å². The summed E-state index contributed by atoms with van der Waals surface area (Å²) in [4.78, 5) is 32.1. The number of phenols is 1. The number of H-pyrrole nitrogens is 1. The number of aromatic amines is 1. The minimum absolute atomic E-state index is 0.0647. The standard InChI is InChI=1S/C18H23N3O5/c1-18(2,3)26-17(24)21-6-4-11(5-7-21)25-15-8-12-13(9-14(15)22)19-10-20-16(12)23/h8-11,22H,4-7H2,1-3H3,(H,19,20,23). The molecule has 1 aromatic heterocycles. The smallest absolute Gasteiger partial charge is 0.410 e. The number of aromatic nitrogens is 2. The molecule has 8 nitrogen and oxygen atoms in total. The average Bonchev–Trinajstić information content (AvgIpc) is 2.55. The third-order valence-corrected chi connectivity index (χ3v) is 4.11. The maximum absolute atomic E-state index is 12.1. The number of nitrogens with zero attached hydrogens (tertiary/aromatic N) is 2. The Bertz CT molecular complexity index is 863. The van der Waals surface area contributed by atoms with Crippen LogP contribution in [0.1, 0.15) is 33.6 Å². The fraction of sp³-hybridized carbons (Fsp3) is 0.500. The maximum Gasteiger partial charge on any atom is 0.410 e. The van der Waals surface area contributed by atoms with Crippen molar-refractivity contribution in [1.82, 2.24) is 14.9 Å². The number of amides is 1. The van der Waals surface area contributed by atoms with Crippen LogP contribution in [0.5, 0.6) is 11.5 Å². The highest BCUT2D eigenvalue weighted by molar-refractivity contribution is 5.81. The quantitative estimate of drug-likeness (QED) is 0.851. The first kappa shape index (κ1) is 18.0. The second-order valence-electron chi connectivity index (χ2n) is 7.35. The Balaban J connectivity index is 1.66. The number of nitrogens with one attached hydrogen (secondary N) is 1. The van der Waals surface area contributed by atoms with E-state index in [1.807, 2.05) is 20.8 Å². The fourth-order valence-corrected chi connectivity index (χ4v) is 2.84. The van der Waals surface area contributed by atoms with Crippen molar-refractivity contribution in [1.29, 1.82) is 0 Å². The molecule has 1 aliphatic rings. The fourth-order valence-electron chi connectivity index (χ4n) is 2.84. The molecule has 3 rings (SSSR count). The van der Waals surface area contributed by atoms with Crippen molar-refractivity contribution in [3.8, 4) is 11.5 Å². The lowest BCUT2D eigenvalue weighted by Gasteiger charge is -2.33. The van der Waals surface area contributed by atoms with Crippen molar-refractivity contribution in [3.05, 3.63) is 28.8 Å². The Morgan fingerprint density at radius 3 is 2.65 bits per heavy atom. The first-order valence-electron chi connectivity index (χ1n) is 8.58. The minimum atomic E-state index is -0.525. The van der Waals surface area contributed by atoms with Crippen molar-refractivity contribution >= 4 is 17.0 Å². The van der Waals surface area contributed by atoms with Gasteiger partial charge in [0, 0.05) is 32.0 Å². The van der Waals surface area contributed by atoms with Crippen LogP contribution in [0.2, 0.25) is 0 Å². The Kier molecular flexibility index (Phi) is 4.76. The van der Waals surface area contributed by atoms with Crippen molar-refractivity contribution in [2.45, 2.75) is 45.3 Å². The lowest BCUT2D eigenvalue weighted by atomic mass is 10.1. The van der Waals surface area contributed by atoms with Crippen molar-refractivity contribution in [2.24, 2.45) is 0 Å².